The van der Waals surface area contributed by atoms with Crippen molar-refractivity contribution < 1.29 is 22.3 Å². The van der Waals surface area contributed by atoms with E-state index in [1.165, 1.54) is 28.6 Å². The molecule has 1 unspecified atom stereocenters. The molecule has 0 fully saturated rings. The molecular weight excluding hydrogens is 374 g/mol. The second kappa shape index (κ2) is 7.18. The smallest absolute Gasteiger partial charge is 0.211 e. The first-order valence-corrected chi connectivity index (χ1v) is 10.4. The van der Waals surface area contributed by atoms with Crippen LogP contribution in [0.5, 0.6) is 0 Å². The second-order valence-corrected chi connectivity index (χ2v) is 8.95. The van der Waals surface area contributed by atoms with Gasteiger partial charge in [-0.25, -0.2) is 17.2 Å². The number of halogens is 2. The molecule has 1 N–H and O–H groups in total. The molecule has 0 saturated heterocycles. The number of rotatable bonds is 6. The molecule has 0 aliphatic carbocycles. The highest BCUT2D eigenvalue weighted by molar-refractivity contribution is 7.88. The van der Waals surface area contributed by atoms with E-state index in [-0.39, 0.29) is 19.1 Å². The minimum Gasteiger partial charge on any atom is -0.390 e. The van der Waals surface area contributed by atoms with Crippen LogP contribution in [0.1, 0.15) is 13.8 Å². The molecule has 0 saturated carbocycles. The van der Waals surface area contributed by atoms with Crippen molar-refractivity contribution in [2.75, 3.05) is 12.8 Å². The zero-order valence-corrected chi connectivity index (χ0v) is 16.2. The van der Waals surface area contributed by atoms with Crippen molar-refractivity contribution in [3.05, 3.63) is 48.0 Å². The molecule has 0 radical (unpaired) electrons. The Morgan fingerprint density at radius 1 is 1.04 bits per heavy atom. The maximum Gasteiger partial charge on any atom is 0.211 e. The second-order valence-electron chi connectivity index (χ2n) is 7.01. The molecule has 1 atom stereocenters. The van der Waals surface area contributed by atoms with Gasteiger partial charge in [-0.2, -0.15) is 4.31 Å². The topological polar surface area (TPSA) is 62.5 Å². The van der Waals surface area contributed by atoms with Crippen LogP contribution in [-0.4, -0.2) is 47.3 Å². The zero-order valence-electron chi connectivity index (χ0n) is 15.4. The van der Waals surface area contributed by atoms with Gasteiger partial charge in [0.05, 0.1) is 24.4 Å². The number of hydrogen-bond donors (Lipinski definition) is 1. The summed E-state index contributed by atoms with van der Waals surface area (Å²) in [5.41, 5.74) is 1.16. The van der Waals surface area contributed by atoms with Crippen LogP contribution in [0.4, 0.5) is 8.78 Å². The monoisotopic (exact) mass is 396 g/mol. The molecule has 146 valence electrons. The Bertz CT molecular complexity index is 1090. The van der Waals surface area contributed by atoms with Gasteiger partial charge >= 0.3 is 0 Å². The Labute approximate surface area is 156 Å². The van der Waals surface area contributed by atoms with Crippen molar-refractivity contribution in [1.29, 1.82) is 0 Å². The lowest BCUT2D eigenvalue weighted by Gasteiger charge is -2.26. The summed E-state index contributed by atoms with van der Waals surface area (Å²) in [5, 5.41) is 11.8. The van der Waals surface area contributed by atoms with Crippen molar-refractivity contribution in [1.82, 2.24) is 8.87 Å². The molecule has 0 amide bonds. The molecule has 2 aromatic carbocycles. The third-order valence-corrected chi connectivity index (χ3v) is 6.00. The lowest BCUT2D eigenvalue weighted by atomic mass is 10.1. The summed E-state index contributed by atoms with van der Waals surface area (Å²) in [6.45, 7) is 3.42. The number of aromatic nitrogens is 1. The van der Waals surface area contributed by atoms with Crippen LogP contribution in [0.2, 0.25) is 0 Å². The molecule has 1 aromatic heterocycles. The molecule has 0 aliphatic heterocycles. The molecule has 3 rings (SSSR count). The summed E-state index contributed by atoms with van der Waals surface area (Å²) in [6.07, 6.45) is 0.0763. The largest absolute Gasteiger partial charge is 0.390 e. The molecule has 3 aromatic rings. The maximum absolute atomic E-state index is 13.8. The minimum atomic E-state index is -3.48. The Balaban J connectivity index is 2.04. The Morgan fingerprint density at radius 2 is 1.67 bits per heavy atom. The van der Waals surface area contributed by atoms with E-state index in [9.17, 15) is 22.3 Å². The van der Waals surface area contributed by atoms with Gasteiger partial charge in [-0.05, 0) is 50.2 Å². The summed E-state index contributed by atoms with van der Waals surface area (Å²) in [7, 11) is -3.48. The minimum absolute atomic E-state index is 0.0494. The molecule has 8 heteroatoms. The van der Waals surface area contributed by atoms with E-state index < -0.39 is 27.8 Å². The summed E-state index contributed by atoms with van der Waals surface area (Å²) in [5.74, 6) is -0.851. The van der Waals surface area contributed by atoms with E-state index in [0.29, 0.717) is 21.8 Å². The number of nitrogens with zero attached hydrogens (tertiary/aromatic N) is 2. The summed E-state index contributed by atoms with van der Waals surface area (Å²) in [4.78, 5) is 0. The fourth-order valence-corrected chi connectivity index (χ4v) is 4.66. The number of aliphatic hydroxyl groups is 1. The van der Waals surface area contributed by atoms with Gasteiger partial charge in [0.2, 0.25) is 10.0 Å². The van der Waals surface area contributed by atoms with Crippen molar-refractivity contribution in [2.24, 2.45) is 0 Å². The number of benzene rings is 2. The molecule has 1 heterocycles. The number of hydrogen-bond acceptors (Lipinski definition) is 3. The highest BCUT2D eigenvalue weighted by Crippen LogP contribution is 2.30. The van der Waals surface area contributed by atoms with E-state index in [1.807, 2.05) is 0 Å². The van der Waals surface area contributed by atoms with Crippen LogP contribution >= 0.6 is 0 Å². The number of aliphatic hydroxyl groups excluding tert-OH is 1. The lowest BCUT2D eigenvalue weighted by Crippen LogP contribution is -2.42. The normalized spacial score (nSPS) is 13.9. The fraction of sp³-hybridized carbons (Fsp3) is 0.368. The number of sulfonamides is 1. The predicted octanol–water partition coefficient (Wildman–Crippen LogP) is 3.10. The maximum atomic E-state index is 13.8. The highest BCUT2D eigenvalue weighted by Gasteiger charge is 2.24. The lowest BCUT2D eigenvalue weighted by molar-refractivity contribution is 0.122. The van der Waals surface area contributed by atoms with Crippen LogP contribution in [0.25, 0.3) is 21.8 Å². The molecule has 0 aliphatic rings. The van der Waals surface area contributed by atoms with Crippen LogP contribution in [0.3, 0.4) is 0 Å². The van der Waals surface area contributed by atoms with Gasteiger partial charge in [-0.1, -0.05) is 0 Å². The molecule has 0 bridgehead atoms. The van der Waals surface area contributed by atoms with Gasteiger partial charge < -0.3 is 9.67 Å². The molecule has 27 heavy (non-hydrogen) atoms. The van der Waals surface area contributed by atoms with E-state index >= 15 is 0 Å². The van der Waals surface area contributed by atoms with Crippen LogP contribution in [0, 0.1) is 11.6 Å². The number of fused-ring (bicyclic) bond motifs is 3. The zero-order chi connectivity index (χ0) is 19.9. The van der Waals surface area contributed by atoms with Crippen molar-refractivity contribution in [2.45, 2.75) is 32.5 Å². The first kappa shape index (κ1) is 19.7. The fourth-order valence-electron chi connectivity index (χ4n) is 3.45. The van der Waals surface area contributed by atoms with E-state index in [4.69, 9.17) is 0 Å². The summed E-state index contributed by atoms with van der Waals surface area (Å²) in [6, 6.07) is 8.15. The molecule has 5 nitrogen and oxygen atoms in total. The van der Waals surface area contributed by atoms with Gasteiger partial charge in [0, 0.05) is 28.9 Å². The van der Waals surface area contributed by atoms with Gasteiger partial charge in [0.1, 0.15) is 11.6 Å². The summed E-state index contributed by atoms with van der Waals surface area (Å²) >= 11 is 0. The van der Waals surface area contributed by atoms with Gasteiger partial charge in [-0.15, -0.1) is 0 Å². The van der Waals surface area contributed by atoms with Crippen LogP contribution in [-0.2, 0) is 16.6 Å². The van der Waals surface area contributed by atoms with Gasteiger partial charge in [0.15, 0.2) is 0 Å². The standard InChI is InChI=1S/C19H22F2N2O3S/c1-12(2)23(27(3,25)26)11-15(24)10-22-18-7-5-13(20)8-17(18)16-6-4-14(21)9-19(16)22/h4-9,12,15,24H,10-11H2,1-3H3. The van der Waals surface area contributed by atoms with E-state index in [0.717, 1.165) is 6.26 Å². The first-order valence-electron chi connectivity index (χ1n) is 8.60. The third-order valence-electron chi connectivity index (χ3n) is 4.58. The van der Waals surface area contributed by atoms with Crippen LogP contribution < -0.4 is 0 Å². The average Bonchev–Trinajstić information content (AvgIpc) is 2.84. The Hall–Kier alpha value is -2.03. The van der Waals surface area contributed by atoms with Crippen LogP contribution in [0.15, 0.2) is 36.4 Å². The SMILES string of the molecule is CC(C)N(CC(O)Cn1c2ccc(F)cc2c2ccc(F)cc21)S(C)(=O)=O. The van der Waals surface area contributed by atoms with Crippen molar-refractivity contribution >= 4 is 31.8 Å². The predicted molar refractivity (Wildman–Crippen MR) is 102 cm³/mol. The quantitative estimate of drug-likeness (QED) is 0.696. The molecule has 0 spiro atoms. The first-order chi connectivity index (χ1) is 12.6. The van der Waals surface area contributed by atoms with E-state index in [2.05, 4.69) is 0 Å². The van der Waals surface area contributed by atoms with Crippen molar-refractivity contribution in [3.8, 4) is 0 Å². The Morgan fingerprint density at radius 3 is 2.30 bits per heavy atom. The van der Waals surface area contributed by atoms with Gasteiger partial charge in [-0.3, -0.25) is 0 Å². The van der Waals surface area contributed by atoms with E-state index in [1.54, 1.807) is 30.5 Å². The van der Waals surface area contributed by atoms with Crippen molar-refractivity contribution in [3.63, 3.8) is 0 Å². The molecular formula is C19H22F2N2O3S. The summed E-state index contributed by atoms with van der Waals surface area (Å²) < 4.78 is 54.3. The Kier molecular flexibility index (Phi) is 5.24. The highest BCUT2D eigenvalue weighted by atomic mass is 32.2. The third kappa shape index (κ3) is 3.97. The average molecular weight is 396 g/mol. The van der Waals surface area contributed by atoms with Gasteiger partial charge in [0.25, 0.3) is 0 Å².